The van der Waals surface area contributed by atoms with Gasteiger partial charge in [-0.05, 0) is 25.7 Å². The van der Waals surface area contributed by atoms with Gasteiger partial charge in [0.1, 0.15) is 18.0 Å². The Labute approximate surface area is 112 Å². The summed E-state index contributed by atoms with van der Waals surface area (Å²) >= 11 is 0. The lowest BCUT2D eigenvalue weighted by atomic mass is 9.91. The Morgan fingerprint density at radius 3 is 2.84 bits per heavy atom. The van der Waals surface area contributed by atoms with Crippen LogP contribution in [-0.4, -0.2) is 34.8 Å². The SMILES string of the molecule is Cc1cc([C@@H](C(=O)N2CCCC2C=O)C(C)C)on1. The van der Waals surface area contributed by atoms with Gasteiger partial charge in [-0.2, -0.15) is 0 Å². The van der Waals surface area contributed by atoms with Gasteiger partial charge < -0.3 is 14.2 Å². The molecule has 1 aliphatic rings. The van der Waals surface area contributed by atoms with E-state index in [0.717, 1.165) is 24.8 Å². The van der Waals surface area contributed by atoms with E-state index < -0.39 is 0 Å². The Kier molecular flexibility index (Phi) is 4.02. The standard InChI is InChI=1S/C14H20N2O3/c1-9(2)13(12-7-10(3)15-19-12)14(18)16-6-4-5-11(16)8-17/h7-9,11,13H,4-6H2,1-3H3/t11?,13-/m0/s1. The first kappa shape index (κ1) is 13.8. The molecule has 19 heavy (non-hydrogen) atoms. The van der Waals surface area contributed by atoms with Crippen molar-refractivity contribution in [3.8, 4) is 0 Å². The molecule has 2 atom stereocenters. The molecule has 0 bridgehead atoms. The van der Waals surface area contributed by atoms with Crippen molar-refractivity contribution < 1.29 is 14.1 Å². The number of amides is 1. The highest BCUT2D eigenvalue weighted by Gasteiger charge is 2.36. The Bertz CT molecular complexity index is 467. The molecule has 0 aliphatic carbocycles. The highest BCUT2D eigenvalue weighted by Crippen LogP contribution is 2.30. The largest absolute Gasteiger partial charge is 0.360 e. The van der Waals surface area contributed by atoms with Gasteiger partial charge in [0.25, 0.3) is 0 Å². The van der Waals surface area contributed by atoms with Crippen LogP contribution in [0.5, 0.6) is 0 Å². The summed E-state index contributed by atoms with van der Waals surface area (Å²) in [5, 5.41) is 3.85. The molecule has 104 valence electrons. The second-order valence-electron chi connectivity index (χ2n) is 5.47. The summed E-state index contributed by atoms with van der Waals surface area (Å²) in [7, 11) is 0. The molecule has 2 rings (SSSR count). The molecule has 1 aromatic heterocycles. The number of carbonyl (C=O) groups excluding carboxylic acids is 2. The van der Waals surface area contributed by atoms with Gasteiger partial charge in [0.2, 0.25) is 5.91 Å². The molecular weight excluding hydrogens is 244 g/mol. The second-order valence-corrected chi connectivity index (χ2v) is 5.47. The van der Waals surface area contributed by atoms with Gasteiger partial charge in [-0.15, -0.1) is 0 Å². The molecule has 0 aromatic carbocycles. The number of rotatable bonds is 4. The van der Waals surface area contributed by atoms with E-state index in [-0.39, 0.29) is 23.8 Å². The van der Waals surface area contributed by atoms with Crippen molar-refractivity contribution in [2.45, 2.75) is 45.6 Å². The molecule has 0 spiro atoms. The number of nitrogens with zero attached hydrogens (tertiary/aromatic N) is 2. The predicted octanol–water partition coefficient (Wildman–Crippen LogP) is 1.91. The van der Waals surface area contributed by atoms with Crippen molar-refractivity contribution >= 4 is 12.2 Å². The van der Waals surface area contributed by atoms with Crippen LogP contribution in [-0.2, 0) is 9.59 Å². The van der Waals surface area contributed by atoms with Crippen LogP contribution in [0, 0.1) is 12.8 Å². The first-order chi connectivity index (χ1) is 9.04. The summed E-state index contributed by atoms with van der Waals surface area (Å²) in [4.78, 5) is 25.3. The van der Waals surface area contributed by atoms with Gasteiger partial charge in [0.15, 0.2) is 0 Å². The van der Waals surface area contributed by atoms with Crippen LogP contribution in [0.15, 0.2) is 10.6 Å². The second kappa shape index (κ2) is 5.55. The van der Waals surface area contributed by atoms with Crippen molar-refractivity contribution in [2.75, 3.05) is 6.54 Å². The van der Waals surface area contributed by atoms with Crippen molar-refractivity contribution in [3.05, 3.63) is 17.5 Å². The summed E-state index contributed by atoms with van der Waals surface area (Å²) in [5.41, 5.74) is 0.766. The van der Waals surface area contributed by atoms with Gasteiger partial charge in [-0.1, -0.05) is 19.0 Å². The van der Waals surface area contributed by atoms with Gasteiger partial charge in [0.05, 0.1) is 11.7 Å². The molecule has 1 saturated heterocycles. The molecule has 1 aromatic rings. The van der Waals surface area contributed by atoms with E-state index in [0.29, 0.717) is 12.3 Å². The normalized spacial score (nSPS) is 20.8. The maximum Gasteiger partial charge on any atom is 0.234 e. The van der Waals surface area contributed by atoms with Gasteiger partial charge in [-0.3, -0.25) is 4.79 Å². The van der Waals surface area contributed by atoms with Crippen LogP contribution in [0.25, 0.3) is 0 Å². The van der Waals surface area contributed by atoms with E-state index in [1.54, 1.807) is 11.0 Å². The zero-order valence-corrected chi connectivity index (χ0v) is 11.6. The zero-order chi connectivity index (χ0) is 14.0. The third-order valence-electron chi connectivity index (χ3n) is 3.62. The van der Waals surface area contributed by atoms with Crippen LogP contribution < -0.4 is 0 Å². The smallest absolute Gasteiger partial charge is 0.234 e. The van der Waals surface area contributed by atoms with Crippen molar-refractivity contribution in [1.82, 2.24) is 10.1 Å². The van der Waals surface area contributed by atoms with E-state index in [4.69, 9.17) is 4.52 Å². The average Bonchev–Trinajstić information content (AvgIpc) is 2.97. The quantitative estimate of drug-likeness (QED) is 0.779. The minimum Gasteiger partial charge on any atom is -0.360 e. The summed E-state index contributed by atoms with van der Waals surface area (Å²) < 4.78 is 5.25. The van der Waals surface area contributed by atoms with Crippen LogP contribution in [0.3, 0.4) is 0 Å². The molecular formula is C14H20N2O3. The molecule has 5 nitrogen and oxygen atoms in total. The molecule has 1 aliphatic heterocycles. The number of carbonyl (C=O) groups is 2. The number of aromatic nitrogens is 1. The molecule has 1 unspecified atom stereocenters. The maximum atomic E-state index is 12.6. The molecule has 0 radical (unpaired) electrons. The summed E-state index contributed by atoms with van der Waals surface area (Å²) in [6, 6.07) is 1.52. The Hall–Kier alpha value is -1.65. The number of aryl methyl sites for hydroxylation is 1. The topological polar surface area (TPSA) is 63.4 Å². The third-order valence-corrected chi connectivity index (χ3v) is 3.62. The maximum absolute atomic E-state index is 12.6. The lowest BCUT2D eigenvalue weighted by molar-refractivity contribution is -0.137. The molecule has 5 heteroatoms. The van der Waals surface area contributed by atoms with Crippen LogP contribution in [0.4, 0.5) is 0 Å². The first-order valence-electron chi connectivity index (χ1n) is 6.73. The molecule has 1 fully saturated rings. The fourth-order valence-corrected chi connectivity index (χ4v) is 2.65. The molecule has 2 heterocycles. The molecule has 1 amide bonds. The van der Waals surface area contributed by atoms with Gasteiger partial charge >= 0.3 is 0 Å². The number of aldehydes is 1. The molecule has 0 N–H and O–H groups in total. The van der Waals surface area contributed by atoms with E-state index in [1.165, 1.54) is 0 Å². The highest BCUT2D eigenvalue weighted by molar-refractivity contribution is 5.86. The lowest BCUT2D eigenvalue weighted by Gasteiger charge is -2.26. The van der Waals surface area contributed by atoms with E-state index in [2.05, 4.69) is 5.16 Å². The van der Waals surface area contributed by atoms with E-state index >= 15 is 0 Å². The fraction of sp³-hybridized carbons (Fsp3) is 0.643. The highest BCUT2D eigenvalue weighted by atomic mass is 16.5. The Morgan fingerprint density at radius 2 is 2.32 bits per heavy atom. The van der Waals surface area contributed by atoms with Crippen molar-refractivity contribution in [1.29, 1.82) is 0 Å². The lowest BCUT2D eigenvalue weighted by Crippen LogP contribution is -2.40. The van der Waals surface area contributed by atoms with Crippen LogP contribution >= 0.6 is 0 Å². The van der Waals surface area contributed by atoms with Gasteiger partial charge in [-0.25, -0.2) is 0 Å². The summed E-state index contributed by atoms with van der Waals surface area (Å²) in [5.74, 6) is 0.310. The summed E-state index contributed by atoms with van der Waals surface area (Å²) in [6.45, 7) is 6.44. The first-order valence-corrected chi connectivity index (χ1v) is 6.73. The summed E-state index contributed by atoms with van der Waals surface area (Å²) in [6.07, 6.45) is 2.51. The van der Waals surface area contributed by atoms with Crippen molar-refractivity contribution in [3.63, 3.8) is 0 Å². The monoisotopic (exact) mass is 264 g/mol. The number of likely N-dealkylation sites (tertiary alicyclic amines) is 1. The third kappa shape index (κ3) is 2.69. The predicted molar refractivity (Wildman–Crippen MR) is 69.6 cm³/mol. The fourth-order valence-electron chi connectivity index (χ4n) is 2.65. The minimum absolute atomic E-state index is 0.0271. The van der Waals surface area contributed by atoms with Crippen LogP contribution in [0.2, 0.25) is 0 Å². The van der Waals surface area contributed by atoms with Gasteiger partial charge in [0, 0.05) is 12.6 Å². The Morgan fingerprint density at radius 1 is 1.58 bits per heavy atom. The van der Waals surface area contributed by atoms with Crippen molar-refractivity contribution in [2.24, 2.45) is 5.92 Å². The molecule has 0 saturated carbocycles. The Balaban J connectivity index is 2.24. The van der Waals surface area contributed by atoms with Crippen LogP contribution in [0.1, 0.15) is 44.1 Å². The zero-order valence-electron chi connectivity index (χ0n) is 11.6. The van der Waals surface area contributed by atoms with E-state index in [1.807, 2.05) is 20.8 Å². The average molecular weight is 264 g/mol. The number of hydrogen-bond donors (Lipinski definition) is 0. The van der Waals surface area contributed by atoms with E-state index in [9.17, 15) is 9.59 Å². The number of hydrogen-bond acceptors (Lipinski definition) is 4. The minimum atomic E-state index is -0.359.